The fourth-order valence-electron chi connectivity index (χ4n) is 2.59. The number of rotatable bonds is 3. The Balaban J connectivity index is 1.74. The van der Waals surface area contributed by atoms with Gasteiger partial charge < -0.3 is 11.1 Å². The van der Waals surface area contributed by atoms with E-state index in [4.69, 9.17) is 18.0 Å². The number of nitrogens with one attached hydrogen (secondary N) is 1. The minimum Gasteiger partial charge on any atom is -0.393 e. The van der Waals surface area contributed by atoms with E-state index >= 15 is 0 Å². The van der Waals surface area contributed by atoms with Crippen LogP contribution in [0.15, 0.2) is 17.5 Å². The van der Waals surface area contributed by atoms with Crippen LogP contribution in [-0.4, -0.2) is 16.9 Å². The van der Waals surface area contributed by atoms with Crippen LogP contribution in [0.1, 0.15) is 28.9 Å². The van der Waals surface area contributed by atoms with E-state index in [2.05, 4.69) is 11.4 Å². The number of hydrogen-bond donors (Lipinski definition) is 2. The van der Waals surface area contributed by atoms with Gasteiger partial charge in [-0.15, -0.1) is 22.7 Å². The highest BCUT2D eigenvalue weighted by molar-refractivity contribution is 7.80. The summed E-state index contributed by atoms with van der Waals surface area (Å²) in [6.07, 6.45) is 3.03. The van der Waals surface area contributed by atoms with Gasteiger partial charge in [0, 0.05) is 21.4 Å². The highest BCUT2D eigenvalue weighted by Gasteiger charge is 2.31. The van der Waals surface area contributed by atoms with Crippen molar-refractivity contribution in [2.75, 3.05) is 0 Å². The molecular weight excluding hydrogens is 296 g/mol. The van der Waals surface area contributed by atoms with Gasteiger partial charge in [-0.1, -0.05) is 18.6 Å². The van der Waals surface area contributed by atoms with Crippen molar-refractivity contribution in [1.82, 2.24) is 5.32 Å². The van der Waals surface area contributed by atoms with E-state index in [0.717, 1.165) is 24.1 Å². The van der Waals surface area contributed by atoms with E-state index in [9.17, 15) is 4.79 Å². The summed E-state index contributed by atoms with van der Waals surface area (Å²) < 4.78 is 2.35. The highest BCUT2D eigenvalue weighted by atomic mass is 32.1. The Kier molecular flexibility index (Phi) is 3.56. The molecule has 0 aliphatic heterocycles. The van der Waals surface area contributed by atoms with Gasteiger partial charge in [-0.3, -0.25) is 4.79 Å². The third-order valence-corrected chi connectivity index (χ3v) is 5.96. The number of thiocarbonyl (C=S) groups is 1. The lowest BCUT2D eigenvalue weighted by atomic mass is 10.0. The molecule has 1 aliphatic rings. The van der Waals surface area contributed by atoms with Crippen LogP contribution in [0, 0.1) is 5.92 Å². The van der Waals surface area contributed by atoms with Gasteiger partial charge in [0.1, 0.15) is 0 Å². The first kappa shape index (κ1) is 13.0. The van der Waals surface area contributed by atoms with E-state index in [-0.39, 0.29) is 17.9 Å². The van der Waals surface area contributed by atoms with Gasteiger partial charge in [0.25, 0.3) is 5.91 Å². The molecule has 1 aliphatic carbocycles. The lowest BCUT2D eigenvalue weighted by Gasteiger charge is -2.19. The van der Waals surface area contributed by atoms with Gasteiger partial charge in [0.05, 0.1) is 9.87 Å². The quantitative estimate of drug-likeness (QED) is 0.856. The van der Waals surface area contributed by atoms with Crippen LogP contribution >= 0.6 is 34.9 Å². The summed E-state index contributed by atoms with van der Waals surface area (Å²) in [6.45, 7) is 0. The molecule has 1 amide bonds. The molecule has 3 rings (SSSR count). The molecule has 2 heterocycles. The second-order valence-electron chi connectivity index (χ2n) is 4.78. The Labute approximate surface area is 124 Å². The average molecular weight is 310 g/mol. The number of hydrogen-bond acceptors (Lipinski definition) is 4. The molecule has 2 unspecified atom stereocenters. The molecule has 19 heavy (non-hydrogen) atoms. The van der Waals surface area contributed by atoms with Crippen molar-refractivity contribution in [1.29, 1.82) is 0 Å². The summed E-state index contributed by atoms with van der Waals surface area (Å²) >= 11 is 8.27. The van der Waals surface area contributed by atoms with Gasteiger partial charge >= 0.3 is 0 Å². The van der Waals surface area contributed by atoms with Gasteiger partial charge in [-0.05, 0) is 30.4 Å². The molecular formula is C13H14N2OS3. The number of amides is 1. The largest absolute Gasteiger partial charge is 0.393 e. The lowest BCUT2D eigenvalue weighted by Crippen LogP contribution is -2.41. The Bertz CT molecular complexity index is 602. The first-order valence-corrected chi connectivity index (χ1v) is 8.33. The van der Waals surface area contributed by atoms with Gasteiger partial charge in [-0.25, -0.2) is 0 Å². The van der Waals surface area contributed by atoms with Crippen LogP contribution in [0.25, 0.3) is 9.40 Å². The van der Waals surface area contributed by atoms with Gasteiger partial charge in [-0.2, -0.15) is 0 Å². The molecule has 0 aromatic carbocycles. The van der Waals surface area contributed by atoms with E-state index < -0.39 is 0 Å². The van der Waals surface area contributed by atoms with Crippen LogP contribution in [0.4, 0.5) is 0 Å². The molecule has 3 nitrogen and oxygen atoms in total. The van der Waals surface area contributed by atoms with Crippen molar-refractivity contribution in [3.8, 4) is 0 Å². The second kappa shape index (κ2) is 5.19. The molecule has 1 saturated carbocycles. The van der Waals surface area contributed by atoms with Crippen LogP contribution < -0.4 is 11.1 Å². The Morgan fingerprint density at radius 2 is 2.26 bits per heavy atom. The molecule has 2 aromatic rings. The van der Waals surface area contributed by atoms with Crippen molar-refractivity contribution < 1.29 is 4.79 Å². The van der Waals surface area contributed by atoms with Gasteiger partial charge in [0.15, 0.2) is 0 Å². The van der Waals surface area contributed by atoms with E-state index in [0.29, 0.717) is 4.99 Å². The third kappa shape index (κ3) is 2.52. The molecule has 1 fully saturated rings. The van der Waals surface area contributed by atoms with Crippen molar-refractivity contribution in [2.45, 2.75) is 25.3 Å². The molecule has 0 saturated heterocycles. The smallest absolute Gasteiger partial charge is 0.261 e. The predicted molar refractivity (Wildman–Crippen MR) is 85.1 cm³/mol. The molecule has 2 atom stereocenters. The summed E-state index contributed by atoms with van der Waals surface area (Å²) in [4.78, 5) is 13.6. The molecule has 2 aromatic heterocycles. The fourth-order valence-corrected chi connectivity index (χ4v) is 4.88. The fraction of sp³-hybridized carbons (Fsp3) is 0.385. The summed E-state index contributed by atoms with van der Waals surface area (Å²) in [5.74, 6) is 0.154. The molecule has 0 radical (unpaired) electrons. The van der Waals surface area contributed by atoms with Crippen molar-refractivity contribution in [2.24, 2.45) is 11.7 Å². The number of nitrogens with two attached hydrogens (primary N) is 1. The zero-order valence-corrected chi connectivity index (χ0v) is 12.7. The first-order valence-electron chi connectivity index (χ1n) is 6.22. The lowest BCUT2D eigenvalue weighted by molar-refractivity contribution is 0.0938. The standard InChI is InChI=1S/C13H14N2OS3/c14-12(17)7-2-1-3-8(7)15-13(16)11-6-10-9(19-11)4-5-18-10/h4-8H,1-3H2,(H2,14,17)(H,15,16). The van der Waals surface area contributed by atoms with E-state index in [1.807, 2.05) is 11.4 Å². The van der Waals surface area contributed by atoms with Crippen molar-refractivity contribution in [3.63, 3.8) is 0 Å². The maximum atomic E-state index is 12.3. The van der Waals surface area contributed by atoms with E-state index in [1.54, 1.807) is 11.3 Å². The second-order valence-corrected chi connectivity index (χ2v) is 7.28. The number of thiophene rings is 2. The third-order valence-electron chi connectivity index (χ3n) is 3.56. The SMILES string of the molecule is NC(=S)C1CCCC1NC(=O)c1cc2sccc2s1. The summed E-state index contributed by atoms with van der Waals surface area (Å²) in [5.41, 5.74) is 5.73. The molecule has 6 heteroatoms. The highest BCUT2D eigenvalue weighted by Crippen LogP contribution is 2.31. The number of fused-ring (bicyclic) bond motifs is 1. The summed E-state index contributed by atoms with van der Waals surface area (Å²) in [5, 5.41) is 5.13. The van der Waals surface area contributed by atoms with Crippen LogP contribution in [-0.2, 0) is 0 Å². The molecule has 3 N–H and O–H groups in total. The zero-order chi connectivity index (χ0) is 13.4. The van der Waals surface area contributed by atoms with E-state index in [1.165, 1.54) is 20.7 Å². The first-order chi connectivity index (χ1) is 9.15. The average Bonchev–Trinajstić information content (AvgIpc) is 3.01. The molecule has 0 spiro atoms. The van der Waals surface area contributed by atoms with Crippen molar-refractivity contribution in [3.05, 3.63) is 22.4 Å². The normalized spacial score (nSPS) is 22.7. The topological polar surface area (TPSA) is 55.1 Å². The predicted octanol–water partition coefficient (Wildman–Crippen LogP) is 3.15. The molecule has 0 bridgehead atoms. The molecule has 100 valence electrons. The Morgan fingerprint density at radius 1 is 1.42 bits per heavy atom. The number of carbonyl (C=O) groups excluding carboxylic acids is 1. The summed E-state index contributed by atoms with van der Waals surface area (Å²) in [7, 11) is 0. The Hall–Kier alpha value is -0.980. The van der Waals surface area contributed by atoms with Crippen molar-refractivity contribution >= 4 is 55.2 Å². The minimum atomic E-state index is 0.00144. The van der Waals surface area contributed by atoms with Crippen LogP contribution in [0.5, 0.6) is 0 Å². The van der Waals surface area contributed by atoms with Crippen LogP contribution in [0.3, 0.4) is 0 Å². The Morgan fingerprint density at radius 3 is 3.00 bits per heavy atom. The van der Waals surface area contributed by atoms with Gasteiger partial charge in [0.2, 0.25) is 0 Å². The minimum absolute atomic E-state index is 0.00144. The van der Waals surface area contributed by atoms with Crippen LogP contribution in [0.2, 0.25) is 0 Å². The maximum absolute atomic E-state index is 12.3. The number of carbonyl (C=O) groups is 1. The zero-order valence-electron chi connectivity index (χ0n) is 10.2. The maximum Gasteiger partial charge on any atom is 0.261 e. The monoisotopic (exact) mass is 310 g/mol. The summed E-state index contributed by atoms with van der Waals surface area (Å²) in [6, 6.07) is 4.12.